The molecule has 1 aliphatic heterocycles. The number of carbonyl (C=O) groups excluding carboxylic acids is 2. The number of amides is 1. The molecule has 1 aromatic carbocycles. The first-order valence-corrected chi connectivity index (χ1v) is 7.72. The SMILES string of the molecule is CCc1ccccc1OCC(=O)N1CCC(C(=O)OC)CC1. The molecule has 0 aliphatic carbocycles. The van der Waals surface area contributed by atoms with Gasteiger partial charge in [0.25, 0.3) is 5.91 Å². The van der Waals surface area contributed by atoms with Crippen molar-refractivity contribution in [3.8, 4) is 5.75 Å². The zero-order valence-electron chi connectivity index (χ0n) is 13.2. The third-order valence-electron chi connectivity index (χ3n) is 4.09. The molecule has 0 atom stereocenters. The minimum atomic E-state index is -0.180. The van der Waals surface area contributed by atoms with Gasteiger partial charge in [-0.25, -0.2) is 0 Å². The van der Waals surface area contributed by atoms with Crippen LogP contribution < -0.4 is 4.74 Å². The number of ether oxygens (including phenoxy) is 2. The number of carbonyl (C=O) groups is 2. The third kappa shape index (κ3) is 4.00. The predicted molar refractivity (Wildman–Crippen MR) is 82.6 cm³/mol. The van der Waals surface area contributed by atoms with Crippen LogP contribution in [-0.4, -0.2) is 43.6 Å². The highest BCUT2D eigenvalue weighted by Gasteiger charge is 2.27. The lowest BCUT2D eigenvalue weighted by atomic mass is 9.97. The molecule has 0 radical (unpaired) electrons. The van der Waals surface area contributed by atoms with Crippen LogP contribution in [0, 0.1) is 5.92 Å². The summed E-state index contributed by atoms with van der Waals surface area (Å²) in [7, 11) is 1.40. The fourth-order valence-corrected chi connectivity index (χ4v) is 2.70. The number of rotatable bonds is 5. The van der Waals surface area contributed by atoms with Crippen LogP contribution in [0.5, 0.6) is 5.75 Å². The first-order valence-electron chi connectivity index (χ1n) is 7.72. The molecule has 0 unspecified atom stereocenters. The summed E-state index contributed by atoms with van der Waals surface area (Å²) in [5.41, 5.74) is 1.10. The Kier molecular flexibility index (Phi) is 5.81. The van der Waals surface area contributed by atoms with Crippen LogP contribution in [0.15, 0.2) is 24.3 Å². The highest BCUT2D eigenvalue weighted by Crippen LogP contribution is 2.20. The van der Waals surface area contributed by atoms with Crippen molar-refractivity contribution in [1.29, 1.82) is 0 Å². The fourth-order valence-electron chi connectivity index (χ4n) is 2.70. The summed E-state index contributed by atoms with van der Waals surface area (Å²) in [6.07, 6.45) is 2.18. The maximum atomic E-state index is 12.2. The second-order valence-corrected chi connectivity index (χ2v) is 5.43. The van der Waals surface area contributed by atoms with Gasteiger partial charge in [-0.2, -0.15) is 0 Å². The van der Waals surface area contributed by atoms with Gasteiger partial charge in [0.15, 0.2) is 6.61 Å². The van der Waals surface area contributed by atoms with Crippen LogP contribution in [0.2, 0.25) is 0 Å². The van der Waals surface area contributed by atoms with Gasteiger partial charge in [0.2, 0.25) is 0 Å². The lowest BCUT2D eigenvalue weighted by Gasteiger charge is -2.30. The van der Waals surface area contributed by atoms with Gasteiger partial charge in [-0.1, -0.05) is 25.1 Å². The number of methoxy groups -OCH3 is 1. The Morgan fingerprint density at radius 2 is 1.91 bits per heavy atom. The highest BCUT2D eigenvalue weighted by molar-refractivity contribution is 5.78. The van der Waals surface area contributed by atoms with Crippen molar-refractivity contribution in [3.05, 3.63) is 29.8 Å². The molecule has 0 N–H and O–H groups in total. The number of hydrogen-bond donors (Lipinski definition) is 0. The standard InChI is InChI=1S/C17H23NO4/c1-3-13-6-4-5-7-15(13)22-12-16(19)18-10-8-14(9-11-18)17(20)21-2/h4-7,14H,3,8-12H2,1-2H3. The smallest absolute Gasteiger partial charge is 0.308 e. The van der Waals surface area contributed by atoms with Crippen molar-refractivity contribution in [1.82, 2.24) is 4.90 Å². The van der Waals surface area contributed by atoms with Gasteiger partial charge in [-0.05, 0) is 30.9 Å². The Balaban J connectivity index is 1.82. The van der Waals surface area contributed by atoms with Crippen LogP contribution in [0.1, 0.15) is 25.3 Å². The van der Waals surface area contributed by atoms with Crippen LogP contribution >= 0.6 is 0 Å². The van der Waals surface area contributed by atoms with Crippen LogP contribution in [0.4, 0.5) is 0 Å². The lowest BCUT2D eigenvalue weighted by Crippen LogP contribution is -2.42. The van der Waals surface area contributed by atoms with E-state index in [0.29, 0.717) is 25.9 Å². The lowest BCUT2D eigenvalue weighted by molar-refractivity contribution is -0.149. The van der Waals surface area contributed by atoms with E-state index < -0.39 is 0 Å². The summed E-state index contributed by atoms with van der Waals surface area (Å²) in [6.45, 7) is 3.26. The molecule has 0 bridgehead atoms. The second-order valence-electron chi connectivity index (χ2n) is 5.43. The summed E-state index contributed by atoms with van der Waals surface area (Å²) in [5, 5.41) is 0. The fraction of sp³-hybridized carbons (Fsp3) is 0.529. The number of para-hydroxylation sites is 1. The Morgan fingerprint density at radius 1 is 1.23 bits per heavy atom. The van der Waals surface area contributed by atoms with Crippen LogP contribution in [0.3, 0.4) is 0 Å². The first-order chi connectivity index (χ1) is 10.7. The van der Waals surface area contributed by atoms with E-state index in [1.54, 1.807) is 4.90 Å². The second kappa shape index (κ2) is 7.82. The van der Waals surface area contributed by atoms with E-state index in [4.69, 9.17) is 9.47 Å². The molecule has 1 aliphatic rings. The minimum absolute atomic E-state index is 0.0331. The topological polar surface area (TPSA) is 55.8 Å². The van der Waals surface area contributed by atoms with Crippen molar-refractivity contribution in [2.24, 2.45) is 5.92 Å². The molecule has 0 saturated carbocycles. The van der Waals surface area contributed by atoms with Crippen molar-refractivity contribution in [2.45, 2.75) is 26.2 Å². The molecule has 0 spiro atoms. The average molecular weight is 305 g/mol. The molecule has 2 rings (SSSR count). The molecule has 1 aromatic rings. The van der Waals surface area contributed by atoms with E-state index in [9.17, 15) is 9.59 Å². The van der Waals surface area contributed by atoms with E-state index in [1.807, 2.05) is 24.3 Å². The molecular weight excluding hydrogens is 282 g/mol. The molecule has 5 nitrogen and oxygen atoms in total. The average Bonchev–Trinajstić information content (AvgIpc) is 2.59. The number of piperidine rings is 1. The maximum Gasteiger partial charge on any atom is 0.308 e. The Hall–Kier alpha value is -2.04. The molecule has 0 aromatic heterocycles. The van der Waals surface area contributed by atoms with E-state index >= 15 is 0 Å². The third-order valence-corrected chi connectivity index (χ3v) is 4.09. The van der Waals surface area contributed by atoms with Crippen LogP contribution in [-0.2, 0) is 20.7 Å². The molecule has 1 amide bonds. The summed E-state index contributed by atoms with van der Waals surface area (Å²) >= 11 is 0. The van der Waals surface area contributed by atoms with Gasteiger partial charge >= 0.3 is 5.97 Å². The van der Waals surface area contributed by atoms with Gasteiger partial charge in [0.05, 0.1) is 13.0 Å². The Bertz CT molecular complexity index is 521. The van der Waals surface area contributed by atoms with E-state index in [2.05, 4.69) is 6.92 Å². The number of benzene rings is 1. The van der Waals surface area contributed by atoms with Gasteiger partial charge in [0, 0.05) is 13.1 Å². The van der Waals surface area contributed by atoms with Gasteiger partial charge < -0.3 is 14.4 Å². The van der Waals surface area contributed by atoms with E-state index in [0.717, 1.165) is 17.7 Å². The quantitative estimate of drug-likeness (QED) is 0.781. The molecule has 1 heterocycles. The first kappa shape index (κ1) is 16.3. The summed E-state index contributed by atoms with van der Waals surface area (Å²) in [6, 6.07) is 7.75. The zero-order chi connectivity index (χ0) is 15.9. The van der Waals surface area contributed by atoms with Gasteiger partial charge in [-0.3, -0.25) is 9.59 Å². The normalized spacial score (nSPS) is 15.5. The van der Waals surface area contributed by atoms with Crippen molar-refractivity contribution in [2.75, 3.05) is 26.8 Å². The van der Waals surface area contributed by atoms with Gasteiger partial charge in [-0.15, -0.1) is 0 Å². The zero-order valence-corrected chi connectivity index (χ0v) is 13.2. The maximum absolute atomic E-state index is 12.2. The monoisotopic (exact) mass is 305 g/mol. The predicted octanol–water partition coefficient (Wildman–Crippen LogP) is 2.04. The number of likely N-dealkylation sites (tertiary alicyclic amines) is 1. The molecule has 120 valence electrons. The number of nitrogens with zero attached hydrogens (tertiary/aromatic N) is 1. The molecule has 5 heteroatoms. The number of esters is 1. The van der Waals surface area contributed by atoms with Crippen LogP contribution in [0.25, 0.3) is 0 Å². The van der Waals surface area contributed by atoms with Crippen molar-refractivity contribution >= 4 is 11.9 Å². The molecule has 1 fully saturated rings. The Morgan fingerprint density at radius 3 is 2.55 bits per heavy atom. The Labute approximate surface area is 131 Å². The largest absolute Gasteiger partial charge is 0.483 e. The van der Waals surface area contributed by atoms with E-state index in [1.165, 1.54) is 7.11 Å². The number of aryl methyl sites for hydroxylation is 1. The molecule has 22 heavy (non-hydrogen) atoms. The summed E-state index contributed by atoms with van der Waals surface area (Å²) in [4.78, 5) is 25.4. The minimum Gasteiger partial charge on any atom is -0.483 e. The van der Waals surface area contributed by atoms with Crippen molar-refractivity contribution in [3.63, 3.8) is 0 Å². The molecular formula is C17H23NO4. The van der Waals surface area contributed by atoms with Gasteiger partial charge in [0.1, 0.15) is 5.75 Å². The summed E-state index contributed by atoms with van der Waals surface area (Å²) in [5.74, 6) is 0.466. The van der Waals surface area contributed by atoms with Crippen molar-refractivity contribution < 1.29 is 19.1 Å². The molecule has 1 saturated heterocycles. The van der Waals surface area contributed by atoms with E-state index in [-0.39, 0.29) is 24.4 Å². The number of hydrogen-bond acceptors (Lipinski definition) is 4. The summed E-state index contributed by atoms with van der Waals surface area (Å²) < 4.78 is 10.4. The highest BCUT2D eigenvalue weighted by atomic mass is 16.5.